The van der Waals surface area contributed by atoms with Crippen LogP contribution in [0.15, 0.2) is 59.7 Å². The van der Waals surface area contributed by atoms with Gasteiger partial charge in [-0.3, -0.25) is 0 Å². The molecule has 2 aromatic carbocycles. The average Bonchev–Trinajstić information content (AvgIpc) is 3.65. The maximum Gasteiger partial charge on any atom is 2.00 e. The van der Waals surface area contributed by atoms with Crippen LogP contribution >= 0.6 is 0 Å². The first-order valence-corrected chi connectivity index (χ1v) is 31.2. The molecule has 0 fully saturated rings. The molecule has 0 radical (unpaired) electrons. The Kier molecular flexibility index (Phi) is 50.1. The molecule has 1 aliphatic heterocycles. The summed E-state index contributed by atoms with van der Waals surface area (Å²) < 4.78 is 1.57. The second-order valence-electron chi connectivity index (χ2n) is 21.4. The number of nitrogens with zero attached hydrogens (tertiary/aromatic N) is 2. The Hall–Kier alpha value is -1.99. The first-order chi connectivity index (χ1) is 34.5. The van der Waals surface area contributed by atoms with Crippen molar-refractivity contribution in [3.05, 3.63) is 101 Å². The molecule has 2 aromatic rings. The topological polar surface area (TPSA) is 25.3 Å². The van der Waals surface area contributed by atoms with Crippen LogP contribution in [0.4, 0.5) is 0 Å². The van der Waals surface area contributed by atoms with Gasteiger partial charge >= 0.3 is 16.5 Å². The molecule has 3 heteroatoms. The number of benzene rings is 2. The molecule has 1 heterocycles. The van der Waals surface area contributed by atoms with Crippen molar-refractivity contribution < 1.29 is 21.2 Å². The molecule has 0 saturated carbocycles. The van der Waals surface area contributed by atoms with Gasteiger partial charge < -0.3 is 19.4 Å². The third-order valence-corrected chi connectivity index (χ3v) is 14.7. The Bertz CT molecular complexity index is 1500. The fourth-order valence-corrected chi connectivity index (χ4v) is 10.2. The van der Waals surface area contributed by atoms with Gasteiger partial charge in [-0.2, -0.15) is 12.8 Å². The molecule has 0 amide bonds. The maximum atomic E-state index is 12.0. The van der Waals surface area contributed by atoms with Gasteiger partial charge in [0.2, 0.25) is 11.4 Å². The Balaban J connectivity index is 0.00000130. The zero-order chi connectivity index (χ0) is 51.0. The smallest absolute Gasteiger partial charge is 0.493 e. The van der Waals surface area contributed by atoms with Crippen molar-refractivity contribution in [1.82, 2.24) is 0 Å². The summed E-state index contributed by atoms with van der Waals surface area (Å²) in [5.74, 6) is 0. The molecule has 0 aliphatic carbocycles. The van der Waals surface area contributed by atoms with Gasteiger partial charge in [0.15, 0.2) is 0 Å². The first-order valence-electron chi connectivity index (χ1n) is 31.2. The van der Waals surface area contributed by atoms with E-state index < -0.39 is 0 Å². The van der Waals surface area contributed by atoms with Crippen molar-refractivity contribution in [1.29, 1.82) is 0 Å². The molecule has 0 N–H and O–H groups in total. The van der Waals surface area contributed by atoms with E-state index in [1.807, 2.05) is 0 Å². The molecular formula is C68H118N2Ni. The second-order valence-corrected chi connectivity index (χ2v) is 21.4. The summed E-state index contributed by atoms with van der Waals surface area (Å²) in [6.45, 7) is 21.4. The summed E-state index contributed by atoms with van der Waals surface area (Å²) in [5.41, 5.74) is 21.8. The Labute approximate surface area is 455 Å². The van der Waals surface area contributed by atoms with Crippen LogP contribution in [0.25, 0.3) is 16.9 Å². The molecule has 0 aromatic heterocycles. The van der Waals surface area contributed by atoms with E-state index in [-0.39, 0.29) is 16.5 Å². The van der Waals surface area contributed by atoms with Crippen LogP contribution in [0.1, 0.15) is 333 Å². The van der Waals surface area contributed by atoms with E-state index in [9.17, 15) is 5.53 Å². The number of aryl methyl sites for hydroxylation is 2. The molecule has 1 aliphatic rings. The van der Waals surface area contributed by atoms with E-state index >= 15 is 0 Å². The molecule has 2 nitrogen and oxygen atoms in total. The fourth-order valence-electron chi connectivity index (χ4n) is 10.2. The minimum Gasteiger partial charge on any atom is -0.493 e. The van der Waals surface area contributed by atoms with Crippen LogP contribution in [0, 0.1) is 13.8 Å². The van der Waals surface area contributed by atoms with Crippen molar-refractivity contribution >= 4 is 11.4 Å². The predicted octanol–water partition coefficient (Wildman–Crippen LogP) is 24.1. The summed E-state index contributed by atoms with van der Waals surface area (Å²) in [6, 6.07) is 18.0. The standard InChI is InChI=1S/C38H56N2.2C15H31.Ni/c1-5-9-13-14-15-18-22-32-24-20-25-33(30-32)37-35(27-12-8-4)36(28-17-11-7-3)38(40(37)39)34-26-19-23-31(29-34)21-16-10-6-2;2*1-3-5-7-9-11-13-15-14-12-10-8-6-4-2;/h19-20,23-26,29-30H,5-18,21-22,27-28H2,1-4H3;2*1,3-15H2,2H3;/q;2*-1;+2. The van der Waals surface area contributed by atoms with Gasteiger partial charge in [-0.15, -0.1) is 0 Å². The molecule has 3 rings (SSSR count). The summed E-state index contributed by atoms with van der Waals surface area (Å²) in [7, 11) is 0. The fraction of sp³-hybridized carbons (Fsp3) is 0.735. The second kappa shape index (κ2) is 51.5. The Morgan fingerprint density at radius 3 is 0.901 bits per heavy atom. The molecule has 410 valence electrons. The van der Waals surface area contributed by atoms with Crippen LogP contribution < -0.4 is 0 Å². The molecule has 0 bridgehead atoms. The van der Waals surface area contributed by atoms with Crippen molar-refractivity contribution in [2.75, 3.05) is 0 Å². The summed E-state index contributed by atoms with van der Waals surface area (Å²) in [5, 5.41) is 0. The van der Waals surface area contributed by atoms with Crippen LogP contribution in [0.3, 0.4) is 0 Å². The molecular weight excluding hydrogens is 903 g/mol. The van der Waals surface area contributed by atoms with E-state index in [0.717, 1.165) is 68.3 Å². The van der Waals surface area contributed by atoms with Gasteiger partial charge in [-0.25, -0.2) is 4.70 Å². The zero-order valence-electron chi connectivity index (χ0n) is 48.4. The third-order valence-electron chi connectivity index (χ3n) is 14.7. The summed E-state index contributed by atoms with van der Waals surface area (Å²) in [6.07, 6.45) is 58.5. The number of hydrogen-bond donors (Lipinski definition) is 0. The van der Waals surface area contributed by atoms with Crippen LogP contribution in [0.2, 0.25) is 0 Å². The van der Waals surface area contributed by atoms with E-state index in [4.69, 9.17) is 0 Å². The zero-order valence-corrected chi connectivity index (χ0v) is 49.3. The molecule has 0 saturated heterocycles. The van der Waals surface area contributed by atoms with E-state index in [0.29, 0.717) is 0 Å². The van der Waals surface area contributed by atoms with Crippen LogP contribution in [-0.2, 0) is 29.3 Å². The molecule has 0 spiro atoms. The third kappa shape index (κ3) is 35.0. The largest absolute Gasteiger partial charge is 2.00 e. The van der Waals surface area contributed by atoms with Crippen LogP contribution in [0.5, 0.6) is 0 Å². The average molecular weight is 1020 g/mol. The molecule has 0 unspecified atom stereocenters. The van der Waals surface area contributed by atoms with Crippen molar-refractivity contribution in [3.8, 4) is 0 Å². The Morgan fingerprint density at radius 1 is 0.324 bits per heavy atom. The van der Waals surface area contributed by atoms with E-state index in [1.165, 1.54) is 259 Å². The molecule has 0 atom stereocenters. The van der Waals surface area contributed by atoms with Crippen LogP contribution in [-0.4, -0.2) is 4.70 Å². The first kappa shape index (κ1) is 69.0. The predicted molar refractivity (Wildman–Crippen MR) is 316 cm³/mol. The maximum absolute atomic E-state index is 12.0. The normalized spacial score (nSPS) is 12.3. The van der Waals surface area contributed by atoms with Crippen molar-refractivity contribution in [2.45, 2.75) is 324 Å². The van der Waals surface area contributed by atoms with Gasteiger partial charge in [0.05, 0.1) is 0 Å². The number of hydrogen-bond acceptors (Lipinski definition) is 0. The van der Waals surface area contributed by atoms with Gasteiger partial charge in [0, 0.05) is 22.3 Å². The van der Waals surface area contributed by atoms with E-state index in [2.05, 4.69) is 104 Å². The quantitative estimate of drug-likeness (QED) is 0.0274. The Morgan fingerprint density at radius 2 is 0.577 bits per heavy atom. The van der Waals surface area contributed by atoms with Gasteiger partial charge in [-0.05, 0) is 86.8 Å². The monoisotopic (exact) mass is 1020 g/mol. The minimum absolute atomic E-state index is 0. The molecule has 71 heavy (non-hydrogen) atoms. The van der Waals surface area contributed by atoms with Crippen molar-refractivity contribution in [3.63, 3.8) is 0 Å². The number of allylic oxidation sites excluding steroid dienone is 2. The SMILES string of the molecule is CCCCCCCCc1cccc(C2=C(CCCC)C(CCCCC)=C(c3cccc(CCCCC)c3)[N+]2=[N-])c1.[CH2-]CCCCCCCCCCCCCC.[CH2-]CCCCCCCCCCCCCC.[Ni+2]. The van der Waals surface area contributed by atoms with E-state index in [1.54, 1.807) is 4.70 Å². The van der Waals surface area contributed by atoms with Gasteiger partial charge in [-0.1, -0.05) is 284 Å². The minimum atomic E-state index is 0. The summed E-state index contributed by atoms with van der Waals surface area (Å²) >= 11 is 0. The summed E-state index contributed by atoms with van der Waals surface area (Å²) in [4.78, 5) is 0. The van der Waals surface area contributed by atoms with Crippen molar-refractivity contribution in [2.24, 2.45) is 0 Å². The number of unbranched alkanes of at least 4 members (excludes halogenated alkanes) is 34. The van der Waals surface area contributed by atoms with Gasteiger partial charge in [0.1, 0.15) is 0 Å². The number of rotatable bonds is 44. The van der Waals surface area contributed by atoms with Gasteiger partial charge in [0.25, 0.3) is 0 Å².